The monoisotopic (exact) mass is 234 g/mol. The Morgan fingerprint density at radius 2 is 2.25 bits per heavy atom. The van der Waals surface area contributed by atoms with Crippen LogP contribution in [0.25, 0.3) is 0 Å². The van der Waals surface area contributed by atoms with Gasteiger partial charge in [0.15, 0.2) is 0 Å². The molecule has 1 aliphatic rings. The van der Waals surface area contributed by atoms with Gasteiger partial charge in [-0.15, -0.1) is 0 Å². The van der Waals surface area contributed by atoms with E-state index in [-0.39, 0.29) is 0 Å². The van der Waals surface area contributed by atoms with Crippen molar-refractivity contribution in [3.05, 3.63) is 24.3 Å². The van der Waals surface area contributed by atoms with Gasteiger partial charge in [-0.3, -0.25) is 0 Å². The highest BCUT2D eigenvalue weighted by atomic mass is 32.2. The molecular weight excluding hydrogens is 224 g/mol. The predicted octanol–water partition coefficient (Wildman–Crippen LogP) is 2.41. The summed E-state index contributed by atoms with van der Waals surface area (Å²) in [7, 11) is 1.63. The van der Waals surface area contributed by atoms with Crippen molar-refractivity contribution in [3.8, 4) is 11.8 Å². The van der Waals surface area contributed by atoms with Crippen molar-refractivity contribution in [2.24, 2.45) is 5.16 Å². The van der Waals surface area contributed by atoms with Crippen LogP contribution in [-0.2, 0) is 4.84 Å². The number of nitriles is 1. The Labute approximate surface area is 97.8 Å². The number of benzene rings is 1. The fourth-order valence-corrected chi connectivity index (χ4v) is 2.12. The van der Waals surface area contributed by atoms with E-state index >= 15 is 0 Å². The number of oxime groups is 1. The second-order valence-corrected chi connectivity index (χ2v) is 4.34. The lowest BCUT2D eigenvalue weighted by Gasteiger charge is -2.01. The normalized spacial score (nSPS) is 18.5. The van der Waals surface area contributed by atoms with Gasteiger partial charge in [-0.1, -0.05) is 16.9 Å². The van der Waals surface area contributed by atoms with E-state index in [4.69, 9.17) is 14.8 Å². The van der Waals surface area contributed by atoms with Crippen LogP contribution in [0.3, 0.4) is 0 Å². The standard InChI is InChI=1S/C11H10N2O2S/c1-14-8-2-4-10(5-3-8)16-11-6-9(7-12)15-13-11/h2-5,9H,6H2,1H3. The molecule has 1 unspecified atom stereocenters. The first-order valence-electron chi connectivity index (χ1n) is 4.76. The van der Waals surface area contributed by atoms with Gasteiger partial charge in [0, 0.05) is 4.90 Å². The average molecular weight is 234 g/mol. The largest absolute Gasteiger partial charge is 0.497 e. The average Bonchev–Trinajstić information content (AvgIpc) is 2.78. The summed E-state index contributed by atoms with van der Waals surface area (Å²) >= 11 is 1.51. The molecule has 0 fully saturated rings. The molecule has 0 radical (unpaired) electrons. The maximum absolute atomic E-state index is 8.64. The molecule has 0 bridgehead atoms. The highest BCUT2D eigenvalue weighted by molar-refractivity contribution is 8.14. The van der Waals surface area contributed by atoms with Crippen LogP contribution in [0.2, 0.25) is 0 Å². The third-order valence-electron chi connectivity index (χ3n) is 2.08. The van der Waals surface area contributed by atoms with E-state index in [2.05, 4.69) is 5.16 Å². The van der Waals surface area contributed by atoms with Gasteiger partial charge >= 0.3 is 0 Å². The molecule has 0 N–H and O–H groups in total. The first-order valence-corrected chi connectivity index (χ1v) is 5.57. The predicted molar refractivity (Wildman–Crippen MR) is 61.4 cm³/mol. The van der Waals surface area contributed by atoms with Gasteiger partial charge in [-0.05, 0) is 24.3 Å². The van der Waals surface area contributed by atoms with E-state index in [1.807, 2.05) is 30.3 Å². The number of methoxy groups -OCH3 is 1. The van der Waals surface area contributed by atoms with E-state index in [0.29, 0.717) is 6.42 Å². The number of ether oxygens (including phenoxy) is 1. The molecule has 82 valence electrons. The summed E-state index contributed by atoms with van der Waals surface area (Å²) in [4.78, 5) is 5.97. The SMILES string of the molecule is COc1ccc(SC2=NOC(C#N)C2)cc1. The Balaban J connectivity index is 1.97. The minimum absolute atomic E-state index is 0.430. The third kappa shape index (κ3) is 2.47. The zero-order valence-corrected chi connectivity index (χ0v) is 9.53. The summed E-state index contributed by atoms with van der Waals surface area (Å²) in [6.45, 7) is 0. The Hall–Kier alpha value is -1.67. The van der Waals surface area contributed by atoms with Crippen molar-refractivity contribution in [3.63, 3.8) is 0 Å². The summed E-state index contributed by atoms with van der Waals surface area (Å²) in [5, 5.41) is 13.3. The first-order chi connectivity index (χ1) is 7.81. The molecule has 1 aromatic rings. The van der Waals surface area contributed by atoms with Crippen molar-refractivity contribution in [2.45, 2.75) is 17.4 Å². The Bertz CT molecular complexity index is 436. The molecule has 2 rings (SSSR count). The second-order valence-electron chi connectivity index (χ2n) is 3.19. The van der Waals surface area contributed by atoms with Gasteiger partial charge in [0.2, 0.25) is 6.10 Å². The van der Waals surface area contributed by atoms with Crippen molar-refractivity contribution in [1.29, 1.82) is 5.26 Å². The number of hydrogen-bond acceptors (Lipinski definition) is 5. The van der Waals surface area contributed by atoms with Gasteiger partial charge in [0.1, 0.15) is 16.9 Å². The Kier molecular flexibility index (Phi) is 3.32. The number of hydrogen-bond donors (Lipinski definition) is 0. The van der Waals surface area contributed by atoms with Crippen molar-refractivity contribution >= 4 is 16.8 Å². The van der Waals surface area contributed by atoms with Gasteiger partial charge in [-0.2, -0.15) is 5.26 Å². The summed E-state index contributed by atoms with van der Waals surface area (Å²) in [5.74, 6) is 0.823. The highest BCUT2D eigenvalue weighted by Crippen LogP contribution is 2.27. The lowest BCUT2D eigenvalue weighted by molar-refractivity contribution is 0.125. The van der Waals surface area contributed by atoms with Crippen LogP contribution in [0.5, 0.6) is 5.75 Å². The topological polar surface area (TPSA) is 54.6 Å². The molecule has 0 aliphatic carbocycles. The van der Waals surface area contributed by atoms with Crippen LogP contribution in [0.15, 0.2) is 34.3 Å². The Morgan fingerprint density at radius 1 is 1.50 bits per heavy atom. The zero-order valence-electron chi connectivity index (χ0n) is 8.71. The summed E-state index contributed by atoms with van der Waals surface area (Å²) < 4.78 is 5.07. The van der Waals surface area contributed by atoms with E-state index in [1.54, 1.807) is 7.11 Å². The van der Waals surface area contributed by atoms with Crippen molar-refractivity contribution < 1.29 is 9.57 Å². The highest BCUT2D eigenvalue weighted by Gasteiger charge is 2.20. The maximum atomic E-state index is 8.64. The number of thioether (sulfide) groups is 1. The first kappa shape index (κ1) is 10.8. The van der Waals surface area contributed by atoms with E-state index < -0.39 is 6.10 Å². The fraction of sp³-hybridized carbons (Fsp3) is 0.273. The minimum atomic E-state index is -0.430. The molecule has 1 heterocycles. The van der Waals surface area contributed by atoms with Crippen LogP contribution in [-0.4, -0.2) is 18.3 Å². The Morgan fingerprint density at radius 3 is 2.81 bits per heavy atom. The van der Waals surface area contributed by atoms with E-state index in [0.717, 1.165) is 15.7 Å². The van der Waals surface area contributed by atoms with E-state index in [9.17, 15) is 0 Å². The van der Waals surface area contributed by atoms with Crippen LogP contribution in [0.4, 0.5) is 0 Å². The fourth-order valence-electron chi connectivity index (χ4n) is 1.26. The lowest BCUT2D eigenvalue weighted by Crippen LogP contribution is -2.01. The molecule has 0 aromatic heterocycles. The summed E-state index contributed by atoms with van der Waals surface area (Å²) in [6, 6.07) is 9.71. The van der Waals surface area contributed by atoms with Gasteiger partial charge in [0.05, 0.1) is 13.5 Å². The molecule has 0 saturated heterocycles. The molecule has 1 aromatic carbocycles. The minimum Gasteiger partial charge on any atom is -0.497 e. The quantitative estimate of drug-likeness (QED) is 0.788. The molecule has 1 aliphatic heterocycles. The molecule has 4 nitrogen and oxygen atoms in total. The van der Waals surface area contributed by atoms with Crippen molar-refractivity contribution in [2.75, 3.05) is 7.11 Å². The number of nitrogens with zero attached hydrogens (tertiary/aromatic N) is 2. The molecule has 0 saturated carbocycles. The molecule has 0 amide bonds. The van der Waals surface area contributed by atoms with Gasteiger partial charge < -0.3 is 9.57 Å². The van der Waals surface area contributed by atoms with Crippen LogP contribution in [0.1, 0.15) is 6.42 Å². The summed E-state index contributed by atoms with van der Waals surface area (Å²) in [6.07, 6.45) is 0.133. The smallest absolute Gasteiger partial charge is 0.218 e. The molecule has 1 atom stereocenters. The number of rotatable bonds is 2. The second kappa shape index (κ2) is 4.90. The van der Waals surface area contributed by atoms with Crippen molar-refractivity contribution in [1.82, 2.24) is 0 Å². The maximum Gasteiger partial charge on any atom is 0.218 e. The zero-order chi connectivity index (χ0) is 11.4. The van der Waals surface area contributed by atoms with Gasteiger partial charge in [0.25, 0.3) is 0 Å². The van der Waals surface area contributed by atoms with Crippen LogP contribution >= 0.6 is 11.8 Å². The molecule has 0 spiro atoms. The van der Waals surface area contributed by atoms with E-state index in [1.165, 1.54) is 11.8 Å². The summed E-state index contributed by atoms with van der Waals surface area (Å²) in [5.41, 5.74) is 0. The molecular formula is C11H10N2O2S. The lowest BCUT2D eigenvalue weighted by atomic mass is 10.3. The van der Waals surface area contributed by atoms with Gasteiger partial charge in [-0.25, -0.2) is 0 Å². The van der Waals surface area contributed by atoms with Crippen LogP contribution < -0.4 is 4.74 Å². The third-order valence-corrected chi connectivity index (χ3v) is 3.07. The molecule has 5 heteroatoms. The van der Waals surface area contributed by atoms with Crippen LogP contribution in [0, 0.1) is 11.3 Å². The molecule has 16 heavy (non-hydrogen) atoms.